The predicted octanol–water partition coefficient (Wildman–Crippen LogP) is 6.57. The van der Waals surface area contributed by atoms with E-state index in [1.807, 2.05) is 25.3 Å². The Kier molecular flexibility index (Phi) is 7.60. The molecule has 0 spiro atoms. The number of hydrogen-bond acceptors (Lipinski definition) is 7. The van der Waals surface area contributed by atoms with Crippen LogP contribution in [0.5, 0.6) is 0 Å². The number of aromatic nitrogens is 3. The lowest BCUT2D eigenvalue weighted by molar-refractivity contribution is 0.0888. The topological polar surface area (TPSA) is 70.7 Å². The molecule has 3 aliphatic rings. The molecule has 2 aliphatic heterocycles. The molecule has 0 radical (unpaired) electrons. The first-order valence-electron chi connectivity index (χ1n) is 15.4. The average Bonchev–Trinajstić information content (AvgIpc) is 3.66. The van der Waals surface area contributed by atoms with Gasteiger partial charge in [-0.1, -0.05) is 30.3 Å². The number of para-hydroxylation sites is 3. The number of hydrogen-bond donors (Lipinski definition) is 1. The fourth-order valence-electron chi connectivity index (χ4n) is 6.67. The molecule has 226 valence electrons. The molecule has 5 aromatic rings. The first-order valence-corrected chi connectivity index (χ1v) is 16.3. The molecule has 1 atom stereocenters. The predicted molar refractivity (Wildman–Crippen MR) is 180 cm³/mol. The molecule has 0 saturated carbocycles. The van der Waals surface area contributed by atoms with Crippen molar-refractivity contribution in [3.63, 3.8) is 0 Å². The van der Waals surface area contributed by atoms with Gasteiger partial charge in [0.2, 0.25) is 0 Å². The summed E-state index contributed by atoms with van der Waals surface area (Å²) in [6.45, 7) is 9.12. The number of imidazole rings is 1. The molecular formula is C35H39N7OS. The van der Waals surface area contributed by atoms with Crippen molar-refractivity contribution in [2.24, 2.45) is 18.0 Å². The second kappa shape index (κ2) is 11.7. The van der Waals surface area contributed by atoms with Crippen molar-refractivity contribution in [3.05, 3.63) is 94.5 Å². The number of aryl methyl sites for hydroxylation is 3. The average molecular weight is 606 g/mol. The van der Waals surface area contributed by atoms with Crippen molar-refractivity contribution in [3.8, 4) is 0 Å². The summed E-state index contributed by atoms with van der Waals surface area (Å²) in [5.41, 5.74) is 6.63. The number of likely N-dealkylation sites (N-methyl/N-ethyl adjacent to an activating group) is 1. The maximum absolute atomic E-state index is 13.0. The van der Waals surface area contributed by atoms with Crippen LogP contribution in [-0.2, 0) is 20.0 Å². The van der Waals surface area contributed by atoms with Crippen LogP contribution in [0.3, 0.4) is 0 Å². The third kappa shape index (κ3) is 5.24. The summed E-state index contributed by atoms with van der Waals surface area (Å²) in [7, 11) is 4.25. The second-order valence-corrected chi connectivity index (χ2v) is 13.3. The van der Waals surface area contributed by atoms with Crippen LogP contribution in [0.4, 0.5) is 16.4 Å². The summed E-state index contributed by atoms with van der Waals surface area (Å²) in [5.74, 6) is 2.42. The maximum Gasteiger partial charge on any atom is 0.170 e. The van der Waals surface area contributed by atoms with Crippen molar-refractivity contribution in [1.29, 1.82) is 0 Å². The molecule has 0 bridgehead atoms. The van der Waals surface area contributed by atoms with Crippen LogP contribution >= 0.6 is 11.3 Å². The van der Waals surface area contributed by atoms with Gasteiger partial charge < -0.3 is 24.3 Å². The number of carbonyl (C=O) groups is 1. The Morgan fingerprint density at radius 3 is 2.57 bits per heavy atom. The zero-order valence-electron chi connectivity index (χ0n) is 25.9. The number of rotatable bonds is 2. The number of thiophene rings is 1. The molecule has 9 heteroatoms. The van der Waals surface area contributed by atoms with E-state index in [0.717, 1.165) is 85.1 Å². The summed E-state index contributed by atoms with van der Waals surface area (Å²) in [4.78, 5) is 28.4. The molecule has 2 aromatic carbocycles. The highest BCUT2D eigenvalue weighted by molar-refractivity contribution is 7.16. The molecule has 1 aliphatic carbocycles. The number of Topliss-reactive ketones (excluding diaryl/α,β-unsaturated/α-hetero) is 1. The highest BCUT2D eigenvalue weighted by Gasteiger charge is 2.32. The van der Waals surface area contributed by atoms with Gasteiger partial charge in [0.05, 0.1) is 16.9 Å². The Hall–Kier alpha value is -4.21. The Morgan fingerprint density at radius 2 is 1.77 bits per heavy atom. The van der Waals surface area contributed by atoms with Crippen LogP contribution in [-0.4, -0.2) is 68.8 Å². The van der Waals surface area contributed by atoms with Crippen molar-refractivity contribution >= 4 is 50.2 Å². The smallest absolute Gasteiger partial charge is 0.170 e. The SMILES string of the molecule is Cc1cc2c(s1)Nc1ccccc1N=C2N1CCN(C)CC1.Cc1nccn1CC1CCc2c(c3ccccc3n2C)C1=O. The van der Waals surface area contributed by atoms with Gasteiger partial charge in [0.1, 0.15) is 16.7 Å². The molecule has 1 N–H and O–H groups in total. The molecule has 1 saturated heterocycles. The van der Waals surface area contributed by atoms with Crippen molar-refractivity contribution in [2.75, 3.05) is 38.5 Å². The normalized spacial score (nSPS) is 18.0. The van der Waals surface area contributed by atoms with Gasteiger partial charge in [-0.15, -0.1) is 11.3 Å². The van der Waals surface area contributed by atoms with Gasteiger partial charge in [-0.2, -0.15) is 0 Å². The van der Waals surface area contributed by atoms with Gasteiger partial charge in [-0.25, -0.2) is 9.98 Å². The molecule has 44 heavy (non-hydrogen) atoms. The molecule has 1 unspecified atom stereocenters. The third-order valence-electron chi connectivity index (χ3n) is 9.19. The summed E-state index contributed by atoms with van der Waals surface area (Å²) in [6.07, 6.45) is 5.63. The number of nitrogens with zero attached hydrogens (tertiary/aromatic N) is 6. The maximum atomic E-state index is 13.0. The monoisotopic (exact) mass is 605 g/mol. The number of benzene rings is 2. The fourth-order valence-corrected chi connectivity index (χ4v) is 7.59. The largest absolute Gasteiger partial charge is 0.353 e. The Balaban J connectivity index is 0.000000142. The summed E-state index contributed by atoms with van der Waals surface area (Å²) in [6, 6.07) is 18.8. The summed E-state index contributed by atoms with van der Waals surface area (Å²) < 4.78 is 4.26. The Bertz CT molecular complexity index is 1870. The third-order valence-corrected chi connectivity index (χ3v) is 10.2. The summed E-state index contributed by atoms with van der Waals surface area (Å²) in [5, 5.41) is 5.87. The van der Waals surface area contributed by atoms with Gasteiger partial charge in [0.25, 0.3) is 0 Å². The number of amidine groups is 1. The standard InChI is InChI=1S/C18H19N3O.C17H20N4S/c1-12-19-9-10-21(12)11-13-7-8-16-17(18(13)22)14-5-3-4-6-15(14)20(16)2;1-12-11-13-16(21-9-7-20(2)8-10-21)18-14-5-3-4-6-15(14)19-17(13)22-12/h3-6,9-10,13H,7-8,11H2,1-2H3;3-6,11,19H,7-10H2,1-2H3. The van der Waals surface area contributed by atoms with E-state index in [1.165, 1.54) is 21.1 Å². The number of fused-ring (bicyclic) bond motifs is 5. The highest BCUT2D eigenvalue weighted by atomic mass is 32.1. The van der Waals surface area contributed by atoms with Gasteiger partial charge >= 0.3 is 0 Å². The highest BCUT2D eigenvalue weighted by Crippen LogP contribution is 2.39. The van der Waals surface area contributed by atoms with Gasteiger partial charge in [-0.3, -0.25) is 4.79 Å². The van der Waals surface area contributed by atoms with Crippen LogP contribution in [0.1, 0.15) is 38.7 Å². The number of piperazine rings is 1. The van der Waals surface area contributed by atoms with Gasteiger partial charge in [0, 0.05) is 85.1 Å². The Labute approximate surface area is 262 Å². The van der Waals surface area contributed by atoms with Crippen LogP contribution in [0, 0.1) is 19.8 Å². The minimum absolute atomic E-state index is 0.0474. The lowest BCUT2D eigenvalue weighted by atomic mass is 9.85. The lowest BCUT2D eigenvalue weighted by Gasteiger charge is -2.34. The number of carbonyl (C=O) groups excluding carboxylic acids is 1. The molecule has 8 nitrogen and oxygen atoms in total. The van der Waals surface area contributed by atoms with Gasteiger partial charge in [-0.05, 0) is 58.0 Å². The van der Waals surface area contributed by atoms with Crippen molar-refractivity contribution in [2.45, 2.75) is 33.2 Å². The van der Waals surface area contributed by atoms with Gasteiger partial charge in [0.15, 0.2) is 5.78 Å². The fraction of sp³-hybridized carbons (Fsp3) is 0.343. The summed E-state index contributed by atoms with van der Waals surface area (Å²) >= 11 is 1.81. The van der Waals surface area contributed by atoms with E-state index in [-0.39, 0.29) is 11.7 Å². The second-order valence-electron chi connectivity index (χ2n) is 12.1. The van der Waals surface area contributed by atoms with Crippen LogP contribution < -0.4 is 5.32 Å². The molecule has 0 amide bonds. The number of anilines is 2. The minimum atomic E-state index is 0.0474. The van der Waals surface area contributed by atoms with E-state index >= 15 is 0 Å². The quantitative estimate of drug-likeness (QED) is 0.247. The molecule has 3 aromatic heterocycles. The van der Waals surface area contributed by atoms with Crippen molar-refractivity contribution in [1.82, 2.24) is 23.9 Å². The van der Waals surface area contributed by atoms with E-state index in [4.69, 9.17) is 4.99 Å². The lowest BCUT2D eigenvalue weighted by Crippen LogP contribution is -2.47. The van der Waals surface area contributed by atoms with Crippen molar-refractivity contribution < 1.29 is 4.79 Å². The first kappa shape index (κ1) is 28.6. The van der Waals surface area contributed by atoms with Crippen LogP contribution in [0.15, 0.2) is 72.0 Å². The zero-order chi connectivity index (χ0) is 30.4. The molecule has 5 heterocycles. The van der Waals surface area contributed by atoms with E-state index < -0.39 is 0 Å². The van der Waals surface area contributed by atoms with Crippen LogP contribution in [0.2, 0.25) is 0 Å². The van der Waals surface area contributed by atoms with E-state index in [1.54, 1.807) is 17.5 Å². The number of nitrogens with one attached hydrogen (secondary N) is 1. The number of aliphatic imine (C=N–C) groups is 1. The van der Waals surface area contributed by atoms with E-state index in [2.05, 4.69) is 92.7 Å². The molecule has 1 fully saturated rings. The van der Waals surface area contributed by atoms with E-state index in [0.29, 0.717) is 0 Å². The number of ketones is 1. The minimum Gasteiger partial charge on any atom is -0.353 e. The molecule has 8 rings (SSSR count). The van der Waals surface area contributed by atoms with E-state index in [9.17, 15) is 4.79 Å². The zero-order valence-corrected chi connectivity index (χ0v) is 26.7. The van der Waals surface area contributed by atoms with Crippen LogP contribution in [0.25, 0.3) is 10.9 Å². The molecular weight excluding hydrogens is 567 g/mol. The first-order chi connectivity index (χ1) is 21.4. The Morgan fingerprint density at radius 1 is 1.00 bits per heavy atom.